The fourth-order valence-corrected chi connectivity index (χ4v) is 4.38. The Bertz CT molecular complexity index is 759. The summed E-state index contributed by atoms with van der Waals surface area (Å²) in [6, 6.07) is 3.84. The zero-order valence-electron chi connectivity index (χ0n) is 12.7. The van der Waals surface area contributed by atoms with Crippen molar-refractivity contribution < 1.29 is 19.4 Å². The van der Waals surface area contributed by atoms with E-state index in [0.29, 0.717) is 25.0 Å². The number of carbonyl (C=O) groups excluding carboxylic acids is 2. The van der Waals surface area contributed by atoms with Gasteiger partial charge in [-0.15, -0.1) is 0 Å². The van der Waals surface area contributed by atoms with Crippen molar-refractivity contribution in [3.63, 3.8) is 0 Å². The molecule has 0 amide bonds. The molecule has 2 unspecified atom stereocenters. The Kier molecular flexibility index (Phi) is 2.60. The summed E-state index contributed by atoms with van der Waals surface area (Å²) in [5.74, 6) is -0.140. The van der Waals surface area contributed by atoms with Gasteiger partial charge >= 0.3 is 5.97 Å². The number of benzene rings is 1. The van der Waals surface area contributed by atoms with Gasteiger partial charge in [0.1, 0.15) is 12.4 Å². The van der Waals surface area contributed by atoms with Crippen LogP contribution in [0.25, 0.3) is 0 Å². The SMILES string of the molecule is Cc1ccc2c(c1O)C(=O)CC1C3=C(CCC21C)C(=O)OC3. The van der Waals surface area contributed by atoms with E-state index in [0.717, 1.165) is 28.7 Å². The molecule has 0 bridgehead atoms. The van der Waals surface area contributed by atoms with Gasteiger partial charge in [0.05, 0.1) is 5.56 Å². The Morgan fingerprint density at radius 2 is 2.09 bits per heavy atom. The number of esters is 1. The van der Waals surface area contributed by atoms with Crippen LogP contribution in [-0.4, -0.2) is 23.5 Å². The number of phenolic OH excluding ortho intramolecular Hbond substituents is 1. The number of phenols is 1. The van der Waals surface area contributed by atoms with Gasteiger partial charge in [0.25, 0.3) is 0 Å². The quantitative estimate of drug-likeness (QED) is 0.748. The lowest BCUT2D eigenvalue weighted by Gasteiger charge is -2.46. The van der Waals surface area contributed by atoms with Crippen LogP contribution in [0, 0.1) is 12.8 Å². The van der Waals surface area contributed by atoms with E-state index in [-0.39, 0.29) is 28.8 Å². The standard InChI is InChI=1S/C18H18O4/c1-9-3-4-12-15(16(9)20)14(19)7-13-11-8-22-17(21)10(11)5-6-18(12,13)2/h3-4,13,20H,5-8H2,1-2H3. The van der Waals surface area contributed by atoms with Crippen LogP contribution in [-0.2, 0) is 14.9 Å². The first kappa shape index (κ1) is 13.6. The maximum atomic E-state index is 12.6. The third-order valence-electron chi connectivity index (χ3n) is 5.74. The number of hydrogen-bond donors (Lipinski definition) is 1. The number of aromatic hydroxyl groups is 1. The van der Waals surface area contributed by atoms with Crippen LogP contribution in [0.4, 0.5) is 0 Å². The molecule has 1 N–H and O–H groups in total. The van der Waals surface area contributed by atoms with Crippen LogP contribution in [0.2, 0.25) is 0 Å². The molecule has 0 fully saturated rings. The molecule has 4 nitrogen and oxygen atoms in total. The van der Waals surface area contributed by atoms with Gasteiger partial charge in [0, 0.05) is 23.3 Å². The molecule has 2 aliphatic carbocycles. The molecule has 1 aliphatic heterocycles. The highest BCUT2D eigenvalue weighted by Gasteiger charge is 2.51. The molecule has 2 atom stereocenters. The molecular weight excluding hydrogens is 280 g/mol. The highest BCUT2D eigenvalue weighted by molar-refractivity contribution is 6.03. The fraction of sp³-hybridized carbons (Fsp3) is 0.444. The summed E-state index contributed by atoms with van der Waals surface area (Å²) >= 11 is 0. The zero-order chi connectivity index (χ0) is 15.6. The van der Waals surface area contributed by atoms with Crippen molar-refractivity contribution >= 4 is 11.8 Å². The van der Waals surface area contributed by atoms with Gasteiger partial charge in [-0.2, -0.15) is 0 Å². The van der Waals surface area contributed by atoms with Crippen molar-refractivity contribution in [3.05, 3.63) is 40.0 Å². The second kappa shape index (κ2) is 4.22. The predicted octanol–water partition coefficient (Wildman–Crippen LogP) is 2.81. The average Bonchev–Trinajstić information content (AvgIpc) is 2.85. The first-order valence-corrected chi connectivity index (χ1v) is 7.69. The van der Waals surface area contributed by atoms with Crippen molar-refractivity contribution in [2.45, 2.75) is 38.5 Å². The van der Waals surface area contributed by atoms with Crippen LogP contribution >= 0.6 is 0 Å². The van der Waals surface area contributed by atoms with Crippen molar-refractivity contribution in [1.29, 1.82) is 0 Å². The second-order valence-corrected chi connectivity index (χ2v) is 6.83. The molecule has 22 heavy (non-hydrogen) atoms. The Morgan fingerprint density at radius 3 is 2.86 bits per heavy atom. The van der Waals surface area contributed by atoms with E-state index in [1.165, 1.54) is 0 Å². The number of aryl methyl sites for hydroxylation is 1. The molecule has 1 aromatic rings. The monoisotopic (exact) mass is 298 g/mol. The van der Waals surface area contributed by atoms with Gasteiger partial charge in [0.15, 0.2) is 5.78 Å². The van der Waals surface area contributed by atoms with Gasteiger partial charge in [-0.05, 0) is 36.5 Å². The third-order valence-corrected chi connectivity index (χ3v) is 5.74. The molecule has 4 rings (SSSR count). The van der Waals surface area contributed by atoms with Crippen LogP contribution in [0.3, 0.4) is 0 Å². The molecule has 0 saturated carbocycles. The van der Waals surface area contributed by atoms with Crippen LogP contribution in [0.1, 0.15) is 47.7 Å². The number of ether oxygens (including phenoxy) is 1. The second-order valence-electron chi connectivity index (χ2n) is 6.83. The number of hydrogen-bond acceptors (Lipinski definition) is 4. The lowest BCUT2D eigenvalue weighted by molar-refractivity contribution is -0.136. The molecule has 0 spiro atoms. The summed E-state index contributed by atoms with van der Waals surface area (Å²) in [5.41, 5.74) is 3.68. The summed E-state index contributed by atoms with van der Waals surface area (Å²) in [4.78, 5) is 24.4. The smallest absolute Gasteiger partial charge is 0.334 e. The topological polar surface area (TPSA) is 63.6 Å². The van der Waals surface area contributed by atoms with Crippen molar-refractivity contribution in [1.82, 2.24) is 0 Å². The molecule has 1 aromatic carbocycles. The zero-order valence-corrected chi connectivity index (χ0v) is 12.7. The van der Waals surface area contributed by atoms with Crippen LogP contribution in [0.5, 0.6) is 5.75 Å². The molecule has 0 aromatic heterocycles. The molecule has 114 valence electrons. The number of cyclic esters (lactones) is 1. The number of Topliss-reactive ketones (excluding diaryl/α,β-unsaturated/α-hetero) is 1. The van der Waals surface area contributed by atoms with Gasteiger partial charge in [-0.25, -0.2) is 4.79 Å². The number of rotatable bonds is 0. The Balaban J connectivity index is 1.93. The van der Waals surface area contributed by atoms with E-state index < -0.39 is 0 Å². The Hall–Kier alpha value is -2.10. The molecule has 0 radical (unpaired) electrons. The van der Waals surface area contributed by atoms with E-state index in [2.05, 4.69) is 6.92 Å². The first-order chi connectivity index (χ1) is 10.4. The Labute approximate surface area is 128 Å². The first-order valence-electron chi connectivity index (χ1n) is 7.69. The van der Waals surface area contributed by atoms with Crippen molar-refractivity contribution in [3.8, 4) is 5.75 Å². The van der Waals surface area contributed by atoms with Gasteiger partial charge < -0.3 is 9.84 Å². The highest BCUT2D eigenvalue weighted by Crippen LogP contribution is 2.54. The van der Waals surface area contributed by atoms with Crippen LogP contribution in [0.15, 0.2) is 23.3 Å². The minimum Gasteiger partial charge on any atom is -0.507 e. The summed E-state index contributed by atoms with van der Waals surface area (Å²) in [5, 5.41) is 10.3. The normalized spacial score (nSPS) is 29.8. The van der Waals surface area contributed by atoms with Crippen molar-refractivity contribution in [2.24, 2.45) is 5.92 Å². The van der Waals surface area contributed by atoms with Crippen LogP contribution < -0.4 is 0 Å². The lowest BCUT2D eigenvalue weighted by Crippen LogP contribution is -2.43. The molecule has 4 heteroatoms. The van der Waals surface area contributed by atoms with Crippen molar-refractivity contribution in [2.75, 3.05) is 6.61 Å². The minimum absolute atomic E-state index is 0.00445. The Morgan fingerprint density at radius 1 is 1.32 bits per heavy atom. The van der Waals surface area contributed by atoms with E-state index in [1.807, 2.05) is 19.1 Å². The number of fused-ring (bicyclic) bond motifs is 4. The van der Waals surface area contributed by atoms with E-state index in [4.69, 9.17) is 4.74 Å². The summed E-state index contributed by atoms with van der Waals surface area (Å²) in [6.07, 6.45) is 1.83. The molecule has 0 saturated heterocycles. The lowest BCUT2D eigenvalue weighted by atomic mass is 9.56. The summed E-state index contributed by atoms with van der Waals surface area (Å²) in [7, 11) is 0. The molecular formula is C18H18O4. The van der Waals surface area contributed by atoms with Gasteiger partial charge in [-0.1, -0.05) is 19.1 Å². The highest BCUT2D eigenvalue weighted by atomic mass is 16.5. The summed E-state index contributed by atoms with van der Waals surface area (Å²) in [6.45, 7) is 4.27. The average molecular weight is 298 g/mol. The maximum absolute atomic E-state index is 12.6. The molecule has 3 aliphatic rings. The minimum atomic E-state index is -0.221. The van der Waals surface area contributed by atoms with E-state index in [9.17, 15) is 14.7 Å². The predicted molar refractivity (Wildman–Crippen MR) is 79.9 cm³/mol. The third kappa shape index (κ3) is 1.52. The van der Waals surface area contributed by atoms with Gasteiger partial charge in [0.2, 0.25) is 0 Å². The molecule has 1 heterocycles. The van der Waals surface area contributed by atoms with Gasteiger partial charge in [-0.3, -0.25) is 4.79 Å². The number of carbonyl (C=O) groups is 2. The fourth-order valence-electron chi connectivity index (χ4n) is 4.38. The summed E-state index contributed by atoms with van der Waals surface area (Å²) < 4.78 is 5.19. The number of ketones is 1. The van der Waals surface area contributed by atoms with E-state index >= 15 is 0 Å². The largest absolute Gasteiger partial charge is 0.507 e. The van der Waals surface area contributed by atoms with E-state index in [1.54, 1.807) is 0 Å². The maximum Gasteiger partial charge on any atom is 0.334 e.